The van der Waals surface area contributed by atoms with Crippen LogP contribution in [0, 0.1) is 0 Å². The van der Waals surface area contributed by atoms with Gasteiger partial charge in [-0.2, -0.15) is 0 Å². The maximum atomic E-state index is 3.93. The van der Waals surface area contributed by atoms with Gasteiger partial charge in [-0.3, -0.25) is 4.99 Å². The molecule has 0 radical (unpaired) electrons. The summed E-state index contributed by atoms with van der Waals surface area (Å²) in [7, 11) is 5.74. The van der Waals surface area contributed by atoms with Gasteiger partial charge in [0.1, 0.15) is 0 Å². The highest BCUT2D eigenvalue weighted by Crippen LogP contribution is 1.76. The minimum absolute atomic E-state index is 1.06. The van der Waals surface area contributed by atoms with Crippen molar-refractivity contribution in [2.45, 2.75) is 6.92 Å². The van der Waals surface area contributed by atoms with Crippen LogP contribution in [-0.4, -0.2) is 31.9 Å². The molecule has 0 N–H and O–H groups in total. The zero-order chi connectivity index (χ0) is 5.86. The Labute approximate surface area is 44.9 Å². The van der Waals surface area contributed by atoms with E-state index in [2.05, 4.69) is 4.99 Å². The molecule has 0 aromatic carbocycles. The topological polar surface area (TPSA) is 15.6 Å². The van der Waals surface area contributed by atoms with E-state index in [1.807, 2.05) is 25.9 Å². The third-order valence-corrected chi connectivity index (χ3v) is 0.971. The Morgan fingerprint density at radius 1 is 1.43 bits per heavy atom. The van der Waals surface area contributed by atoms with Crippen LogP contribution in [0.3, 0.4) is 0 Å². The van der Waals surface area contributed by atoms with Crippen LogP contribution in [0.25, 0.3) is 0 Å². The van der Waals surface area contributed by atoms with Gasteiger partial charge in [0.25, 0.3) is 0 Å². The van der Waals surface area contributed by atoms with Crippen LogP contribution < -0.4 is 0 Å². The summed E-state index contributed by atoms with van der Waals surface area (Å²) in [5, 5.41) is 0. The van der Waals surface area contributed by atoms with E-state index in [9.17, 15) is 0 Å². The Bertz CT molecular complexity index is 74.1. The number of hydrogen-bond acceptors (Lipinski definition) is 1. The van der Waals surface area contributed by atoms with Gasteiger partial charge in [0.15, 0.2) is 0 Å². The lowest BCUT2D eigenvalue weighted by Crippen LogP contribution is -2.17. The third-order valence-electron chi connectivity index (χ3n) is 0.971. The van der Waals surface area contributed by atoms with Crippen molar-refractivity contribution in [2.75, 3.05) is 21.1 Å². The standard InChI is InChI=1S/C5H12N2/c1-5(6-2)7(3)4/h1-4H3. The summed E-state index contributed by atoms with van der Waals surface area (Å²) >= 11 is 0. The van der Waals surface area contributed by atoms with Crippen molar-refractivity contribution in [3.05, 3.63) is 0 Å². The molecule has 0 unspecified atom stereocenters. The van der Waals surface area contributed by atoms with Crippen LogP contribution in [0.4, 0.5) is 0 Å². The number of rotatable bonds is 0. The first-order valence-electron chi connectivity index (χ1n) is 2.29. The molecule has 0 fully saturated rings. The van der Waals surface area contributed by atoms with Gasteiger partial charge in [-0.25, -0.2) is 0 Å². The SMILES string of the molecule is CN=C(C)N(C)C. The van der Waals surface area contributed by atoms with Gasteiger partial charge in [0.05, 0.1) is 5.84 Å². The summed E-state index contributed by atoms with van der Waals surface area (Å²) < 4.78 is 0. The molecule has 0 bridgehead atoms. The van der Waals surface area contributed by atoms with Gasteiger partial charge >= 0.3 is 0 Å². The summed E-state index contributed by atoms with van der Waals surface area (Å²) in [6.07, 6.45) is 0. The van der Waals surface area contributed by atoms with Crippen molar-refractivity contribution >= 4 is 5.84 Å². The Hall–Kier alpha value is -0.530. The summed E-state index contributed by atoms with van der Waals surface area (Å²) in [6, 6.07) is 0. The van der Waals surface area contributed by atoms with Gasteiger partial charge < -0.3 is 4.90 Å². The summed E-state index contributed by atoms with van der Waals surface area (Å²) in [4.78, 5) is 5.90. The summed E-state index contributed by atoms with van der Waals surface area (Å²) in [5.41, 5.74) is 0. The maximum absolute atomic E-state index is 3.93. The smallest absolute Gasteiger partial charge is 0.0948 e. The van der Waals surface area contributed by atoms with Crippen molar-refractivity contribution in [3.8, 4) is 0 Å². The first-order valence-corrected chi connectivity index (χ1v) is 2.29. The van der Waals surface area contributed by atoms with Crippen LogP contribution >= 0.6 is 0 Å². The molecule has 7 heavy (non-hydrogen) atoms. The van der Waals surface area contributed by atoms with E-state index in [-0.39, 0.29) is 0 Å². The zero-order valence-electron chi connectivity index (χ0n) is 5.39. The molecule has 0 saturated heterocycles. The minimum atomic E-state index is 1.06. The number of hydrogen-bond donors (Lipinski definition) is 0. The molecular weight excluding hydrogens is 88.1 g/mol. The van der Waals surface area contributed by atoms with Crippen molar-refractivity contribution in [2.24, 2.45) is 4.99 Å². The lowest BCUT2D eigenvalue weighted by molar-refractivity contribution is 0.617. The fourth-order valence-corrected chi connectivity index (χ4v) is 0.200. The van der Waals surface area contributed by atoms with Crippen molar-refractivity contribution in [1.29, 1.82) is 0 Å². The molecule has 0 aliphatic carbocycles. The van der Waals surface area contributed by atoms with E-state index in [0.29, 0.717) is 0 Å². The lowest BCUT2D eigenvalue weighted by atomic mass is 10.6. The van der Waals surface area contributed by atoms with Crippen LogP contribution in [0.1, 0.15) is 6.92 Å². The quantitative estimate of drug-likeness (QED) is 0.321. The second-order valence-corrected chi connectivity index (χ2v) is 1.67. The van der Waals surface area contributed by atoms with Crippen LogP contribution in [0.2, 0.25) is 0 Å². The molecule has 0 saturated carbocycles. The van der Waals surface area contributed by atoms with E-state index in [4.69, 9.17) is 0 Å². The normalized spacial score (nSPS) is 11.7. The highest BCUT2D eigenvalue weighted by molar-refractivity contribution is 5.78. The van der Waals surface area contributed by atoms with Crippen molar-refractivity contribution in [1.82, 2.24) is 4.90 Å². The second kappa shape index (κ2) is 2.61. The molecule has 0 atom stereocenters. The van der Waals surface area contributed by atoms with E-state index >= 15 is 0 Å². The molecule has 0 spiro atoms. The third kappa shape index (κ3) is 2.20. The molecular formula is C5H12N2. The van der Waals surface area contributed by atoms with E-state index in [1.165, 1.54) is 0 Å². The van der Waals surface area contributed by atoms with Crippen LogP contribution in [-0.2, 0) is 0 Å². The fourth-order valence-electron chi connectivity index (χ4n) is 0.200. The number of nitrogens with zero attached hydrogens (tertiary/aromatic N) is 2. The average molecular weight is 100 g/mol. The predicted octanol–water partition coefficient (Wildman–Crippen LogP) is 0.596. The van der Waals surface area contributed by atoms with Gasteiger partial charge in [-0.1, -0.05) is 0 Å². The fraction of sp³-hybridized carbons (Fsp3) is 0.800. The molecule has 0 amide bonds. The van der Waals surface area contributed by atoms with Gasteiger partial charge in [0.2, 0.25) is 0 Å². The molecule has 42 valence electrons. The Morgan fingerprint density at radius 2 is 1.86 bits per heavy atom. The molecule has 0 aromatic heterocycles. The Balaban J connectivity index is 3.56. The van der Waals surface area contributed by atoms with E-state index in [0.717, 1.165) is 5.84 Å². The number of aliphatic imine (C=N–C) groups is 1. The molecule has 0 aliphatic heterocycles. The molecule has 0 aromatic rings. The second-order valence-electron chi connectivity index (χ2n) is 1.67. The van der Waals surface area contributed by atoms with Gasteiger partial charge in [-0.15, -0.1) is 0 Å². The van der Waals surface area contributed by atoms with E-state index in [1.54, 1.807) is 7.05 Å². The zero-order valence-corrected chi connectivity index (χ0v) is 5.39. The van der Waals surface area contributed by atoms with Crippen molar-refractivity contribution < 1.29 is 0 Å². The van der Waals surface area contributed by atoms with Gasteiger partial charge in [-0.05, 0) is 6.92 Å². The highest BCUT2D eigenvalue weighted by Gasteiger charge is 1.85. The average Bonchev–Trinajstić information content (AvgIpc) is 1.65. The predicted molar refractivity (Wildman–Crippen MR) is 32.7 cm³/mol. The van der Waals surface area contributed by atoms with Crippen LogP contribution in [0.15, 0.2) is 4.99 Å². The molecule has 0 aliphatic rings. The van der Waals surface area contributed by atoms with Crippen molar-refractivity contribution in [3.63, 3.8) is 0 Å². The largest absolute Gasteiger partial charge is 0.367 e. The Kier molecular flexibility index (Phi) is 2.41. The van der Waals surface area contributed by atoms with E-state index < -0.39 is 0 Å². The maximum Gasteiger partial charge on any atom is 0.0948 e. The molecule has 0 rings (SSSR count). The highest BCUT2D eigenvalue weighted by atomic mass is 15.1. The van der Waals surface area contributed by atoms with Gasteiger partial charge in [0, 0.05) is 21.1 Å². The first-order chi connectivity index (χ1) is 3.18. The Morgan fingerprint density at radius 3 is 1.86 bits per heavy atom. The monoisotopic (exact) mass is 100 g/mol. The first kappa shape index (κ1) is 6.47. The summed E-state index contributed by atoms with van der Waals surface area (Å²) in [6.45, 7) is 1.97. The molecule has 2 heteroatoms. The molecule has 0 heterocycles. The molecule has 2 nitrogen and oxygen atoms in total. The lowest BCUT2D eigenvalue weighted by Gasteiger charge is -2.08. The number of amidine groups is 1. The van der Waals surface area contributed by atoms with Crippen LogP contribution in [0.5, 0.6) is 0 Å². The minimum Gasteiger partial charge on any atom is -0.367 e. The summed E-state index contributed by atoms with van der Waals surface area (Å²) in [5.74, 6) is 1.06.